The van der Waals surface area contributed by atoms with Crippen molar-refractivity contribution >= 4 is 5.91 Å². The van der Waals surface area contributed by atoms with Crippen molar-refractivity contribution in [3.05, 3.63) is 12.2 Å². The first-order chi connectivity index (χ1) is 30.0. The standard InChI is InChI=1S/C56H111NO4/c1-3-5-7-9-11-13-15-17-18-19-20-21-22-23-24-25-26-27-28-29-30-31-32-33-34-35-36-38-39-41-43-45-47-49-53(59)51-56(61)57-54(52-58)55(60)50-48-46-44-42-40-37-16-14-12-10-8-6-4-2/h25-26,53-55,58-60H,3-24,27-52H2,1-2H3,(H,57,61)/b26-25-. The van der Waals surface area contributed by atoms with Crippen LogP contribution in [0.3, 0.4) is 0 Å². The molecule has 0 fully saturated rings. The third kappa shape index (κ3) is 48.4. The second-order valence-electron chi connectivity index (χ2n) is 19.6. The average molecular weight is 863 g/mol. The van der Waals surface area contributed by atoms with Crippen LogP contribution in [0.1, 0.15) is 316 Å². The topological polar surface area (TPSA) is 89.8 Å². The summed E-state index contributed by atoms with van der Waals surface area (Å²) in [6.45, 7) is 4.29. The minimum absolute atomic E-state index is 0.0409. The summed E-state index contributed by atoms with van der Waals surface area (Å²) in [7, 11) is 0. The number of carbonyl (C=O) groups is 1. The van der Waals surface area contributed by atoms with Gasteiger partial charge in [0.15, 0.2) is 0 Å². The van der Waals surface area contributed by atoms with Gasteiger partial charge >= 0.3 is 0 Å². The second-order valence-corrected chi connectivity index (χ2v) is 19.6. The Labute approximate surface area is 382 Å². The maximum Gasteiger partial charge on any atom is 0.222 e. The van der Waals surface area contributed by atoms with Crippen molar-refractivity contribution in [3.63, 3.8) is 0 Å². The fourth-order valence-electron chi connectivity index (χ4n) is 9.05. The molecule has 0 spiro atoms. The van der Waals surface area contributed by atoms with Gasteiger partial charge in [0.2, 0.25) is 5.91 Å². The van der Waals surface area contributed by atoms with Gasteiger partial charge in [-0.1, -0.05) is 283 Å². The lowest BCUT2D eigenvalue weighted by Crippen LogP contribution is -2.46. The summed E-state index contributed by atoms with van der Waals surface area (Å²) in [5.74, 6) is -0.278. The van der Waals surface area contributed by atoms with Gasteiger partial charge in [-0.15, -0.1) is 0 Å². The Bertz CT molecular complexity index is 864. The van der Waals surface area contributed by atoms with Crippen LogP contribution in [0.4, 0.5) is 0 Å². The van der Waals surface area contributed by atoms with E-state index in [-0.39, 0.29) is 18.9 Å². The van der Waals surface area contributed by atoms with Gasteiger partial charge in [-0.2, -0.15) is 0 Å². The number of allylic oxidation sites excluding steroid dienone is 2. The largest absolute Gasteiger partial charge is 0.394 e. The monoisotopic (exact) mass is 862 g/mol. The van der Waals surface area contributed by atoms with Crippen LogP contribution >= 0.6 is 0 Å². The molecule has 0 aromatic heterocycles. The van der Waals surface area contributed by atoms with E-state index in [1.807, 2.05) is 0 Å². The zero-order valence-corrected chi connectivity index (χ0v) is 41.6. The Morgan fingerprint density at radius 2 is 0.656 bits per heavy atom. The number of hydrogen-bond donors (Lipinski definition) is 4. The van der Waals surface area contributed by atoms with Crippen LogP contribution in [0, 0.1) is 0 Å². The van der Waals surface area contributed by atoms with E-state index in [0.29, 0.717) is 12.8 Å². The number of aliphatic hydroxyl groups is 3. The molecule has 364 valence electrons. The summed E-state index contributed by atoms with van der Waals surface area (Å²) < 4.78 is 0. The maximum atomic E-state index is 12.5. The molecule has 3 atom stereocenters. The van der Waals surface area contributed by atoms with E-state index in [1.54, 1.807) is 0 Å². The summed E-state index contributed by atoms with van der Waals surface area (Å²) >= 11 is 0. The minimum Gasteiger partial charge on any atom is -0.394 e. The molecule has 0 aromatic carbocycles. The van der Waals surface area contributed by atoms with Crippen molar-refractivity contribution in [3.8, 4) is 0 Å². The van der Waals surface area contributed by atoms with Gasteiger partial charge in [0.05, 0.1) is 31.3 Å². The van der Waals surface area contributed by atoms with Crippen LogP contribution < -0.4 is 5.32 Å². The Balaban J connectivity index is 3.45. The SMILES string of the molecule is CCCCCCCCCCCCCCCC/C=C\CCCCCCCCCCCCCCCCCC(O)CC(=O)NC(CO)C(O)CCCCCCCCCCCCCCC. The van der Waals surface area contributed by atoms with Crippen LogP contribution in [0.5, 0.6) is 0 Å². The Morgan fingerprint density at radius 3 is 0.951 bits per heavy atom. The highest BCUT2D eigenvalue weighted by molar-refractivity contribution is 5.76. The molecule has 0 aromatic rings. The van der Waals surface area contributed by atoms with Crippen molar-refractivity contribution in [1.82, 2.24) is 5.32 Å². The molecule has 1 amide bonds. The predicted octanol–water partition coefficient (Wildman–Crippen LogP) is 17.1. The van der Waals surface area contributed by atoms with E-state index in [4.69, 9.17) is 0 Å². The number of nitrogens with one attached hydrogen (secondary N) is 1. The average Bonchev–Trinajstić information content (AvgIpc) is 3.25. The Kier molecular flexibility index (Phi) is 51.0. The zero-order chi connectivity index (χ0) is 44.4. The van der Waals surface area contributed by atoms with Crippen LogP contribution in [0.15, 0.2) is 12.2 Å². The highest BCUT2D eigenvalue weighted by Gasteiger charge is 2.21. The van der Waals surface area contributed by atoms with E-state index in [0.717, 1.165) is 25.7 Å². The van der Waals surface area contributed by atoms with E-state index in [1.165, 1.54) is 257 Å². The molecule has 0 rings (SSSR count). The summed E-state index contributed by atoms with van der Waals surface area (Å²) in [4.78, 5) is 12.5. The fraction of sp³-hybridized carbons (Fsp3) is 0.946. The molecule has 5 heteroatoms. The molecular formula is C56H111NO4. The summed E-state index contributed by atoms with van der Waals surface area (Å²) in [6.07, 6.45) is 63.8. The highest BCUT2D eigenvalue weighted by atomic mass is 16.3. The van der Waals surface area contributed by atoms with Crippen LogP contribution in [0.2, 0.25) is 0 Å². The molecule has 0 radical (unpaired) electrons. The summed E-state index contributed by atoms with van der Waals surface area (Å²) in [5, 5.41) is 33.5. The number of amides is 1. The van der Waals surface area contributed by atoms with Crippen LogP contribution in [-0.4, -0.2) is 46.1 Å². The predicted molar refractivity (Wildman–Crippen MR) is 269 cm³/mol. The van der Waals surface area contributed by atoms with Gasteiger partial charge in [0.1, 0.15) is 0 Å². The van der Waals surface area contributed by atoms with Crippen LogP contribution in [-0.2, 0) is 4.79 Å². The van der Waals surface area contributed by atoms with Crippen molar-refractivity contribution in [2.24, 2.45) is 0 Å². The lowest BCUT2D eigenvalue weighted by Gasteiger charge is -2.23. The van der Waals surface area contributed by atoms with E-state index < -0.39 is 18.2 Å². The van der Waals surface area contributed by atoms with Gasteiger partial charge in [-0.3, -0.25) is 4.79 Å². The van der Waals surface area contributed by atoms with Gasteiger partial charge < -0.3 is 20.6 Å². The number of aliphatic hydroxyl groups excluding tert-OH is 3. The van der Waals surface area contributed by atoms with E-state index in [9.17, 15) is 20.1 Å². The number of unbranched alkanes of at least 4 members (excludes halogenated alkanes) is 41. The minimum atomic E-state index is -0.745. The smallest absolute Gasteiger partial charge is 0.222 e. The summed E-state index contributed by atoms with van der Waals surface area (Å²) in [6, 6.07) is -0.655. The van der Waals surface area contributed by atoms with Crippen LogP contribution in [0.25, 0.3) is 0 Å². The Morgan fingerprint density at radius 1 is 0.393 bits per heavy atom. The molecule has 61 heavy (non-hydrogen) atoms. The van der Waals surface area contributed by atoms with E-state index >= 15 is 0 Å². The van der Waals surface area contributed by atoms with Crippen molar-refractivity contribution in [2.75, 3.05) is 6.61 Å². The molecule has 0 heterocycles. The lowest BCUT2D eigenvalue weighted by molar-refractivity contribution is -0.125. The highest BCUT2D eigenvalue weighted by Crippen LogP contribution is 2.18. The third-order valence-electron chi connectivity index (χ3n) is 13.3. The molecular weight excluding hydrogens is 751 g/mol. The molecule has 0 aliphatic carbocycles. The zero-order valence-electron chi connectivity index (χ0n) is 41.6. The first-order valence-electron chi connectivity index (χ1n) is 28.0. The van der Waals surface area contributed by atoms with Crippen molar-refractivity contribution < 1.29 is 20.1 Å². The molecule has 0 saturated carbocycles. The number of rotatable bonds is 52. The summed E-state index contributed by atoms with van der Waals surface area (Å²) in [5.41, 5.74) is 0. The first kappa shape index (κ1) is 60.1. The molecule has 5 nitrogen and oxygen atoms in total. The molecule has 4 N–H and O–H groups in total. The fourth-order valence-corrected chi connectivity index (χ4v) is 9.05. The molecule has 0 aliphatic heterocycles. The first-order valence-corrected chi connectivity index (χ1v) is 28.0. The normalized spacial score (nSPS) is 13.3. The Hall–Kier alpha value is -0.910. The maximum absolute atomic E-state index is 12.5. The van der Waals surface area contributed by atoms with Gasteiger partial charge in [-0.05, 0) is 38.5 Å². The number of hydrogen-bond acceptors (Lipinski definition) is 4. The van der Waals surface area contributed by atoms with Gasteiger partial charge in [0, 0.05) is 0 Å². The lowest BCUT2D eigenvalue weighted by atomic mass is 10.0. The van der Waals surface area contributed by atoms with Gasteiger partial charge in [0.25, 0.3) is 0 Å². The third-order valence-corrected chi connectivity index (χ3v) is 13.3. The molecule has 3 unspecified atom stereocenters. The van der Waals surface area contributed by atoms with E-state index in [2.05, 4.69) is 31.3 Å². The molecule has 0 saturated heterocycles. The number of carbonyl (C=O) groups excluding carboxylic acids is 1. The molecule has 0 aliphatic rings. The van der Waals surface area contributed by atoms with Crippen molar-refractivity contribution in [1.29, 1.82) is 0 Å². The quantitative estimate of drug-likeness (QED) is 0.0362. The molecule has 0 bridgehead atoms. The second kappa shape index (κ2) is 51.7. The van der Waals surface area contributed by atoms with Crippen molar-refractivity contribution in [2.45, 2.75) is 334 Å². The van der Waals surface area contributed by atoms with Gasteiger partial charge in [-0.25, -0.2) is 0 Å².